The van der Waals surface area contributed by atoms with Crippen LogP contribution in [0.15, 0.2) is 49.1 Å². The number of imidazole rings is 1. The molecule has 4 nitrogen and oxygen atoms in total. The highest BCUT2D eigenvalue weighted by Crippen LogP contribution is 2.24. The molecule has 18 heavy (non-hydrogen) atoms. The van der Waals surface area contributed by atoms with Crippen molar-refractivity contribution in [2.45, 2.75) is 0 Å². The van der Waals surface area contributed by atoms with Gasteiger partial charge in [-0.2, -0.15) is 0 Å². The van der Waals surface area contributed by atoms with Crippen LogP contribution in [0.3, 0.4) is 0 Å². The molecule has 0 saturated carbocycles. The highest BCUT2D eigenvalue weighted by Gasteiger charge is 2.07. The van der Waals surface area contributed by atoms with Crippen LogP contribution < -0.4 is 4.90 Å². The first kappa shape index (κ1) is 10.8. The van der Waals surface area contributed by atoms with E-state index in [2.05, 4.69) is 22.1 Å². The number of fused-ring (bicyclic) bond motifs is 1. The maximum Gasteiger partial charge on any atom is 0.130 e. The molecule has 0 saturated heterocycles. The van der Waals surface area contributed by atoms with Gasteiger partial charge in [0.15, 0.2) is 0 Å². The third-order valence-corrected chi connectivity index (χ3v) is 2.92. The van der Waals surface area contributed by atoms with Crippen LogP contribution in [0.4, 0.5) is 5.82 Å². The summed E-state index contributed by atoms with van der Waals surface area (Å²) in [7, 11) is 3.99. The quantitative estimate of drug-likeness (QED) is 0.688. The van der Waals surface area contributed by atoms with Gasteiger partial charge < -0.3 is 9.47 Å². The van der Waals surface area contributed by atoms with Crippen LogP contribution in [0.5, 0.6) is 0 Å². The number of anilines is 1. The number of hydrogen-bond donors (Lipinski definition) is 0. The molecule has 0 N–H and O–H groups in total. The number of benzene rings is 1. The molecule has 0 unspecified atom stereocenters. The van der Waals surface area contributed by atoms with Crippen LogP contribution in [0, 0.1) is 0 Å². The molecule has 3 rings (SSSR count). The second kappa shape index (κ2) is 4.14. The van der Waals surface area contributed by atoms with Gasteiger partial charge in [0.05, 0.1) is 17.5 Å². The number of hydrogen-bond acceptors (Lipinski definition) is 3. The molecule has 0 aliphatic heterocycles. The van der Waals surface area contributed by atoms with E-state index in [4.69, 9.17) is 0 Å². The van der Waals surface area contributed by atoms with E-state index in [1.165, 1.54) is 0 Å². The van der Waals surface area contributed by atoms with Crippen LogP contribution >= 0.6 is 0 Å². The molecule has 4 heteroatoms. The summed E-state index contributed by atoms with van der Waals surface area (Å²) in [6, 6.07) is 10.2. The van der Waals surface area contributed by atoms with E-state index in [1.807, 2.05) is 48.0 Å². The molecule has 0 spiro atoms. The van der Waals surface area contributed by atoms with Crippen molar-refractivity contribution in [3.8, 4) is 5.69 Å². The Hall–Kier alpha value is -2.36. The summed E-state index contributed by atoms with van der Waals surface area (Å²) in [6.07, 6.45) is 5.53. The Bertz CT molecular complexity index is 671. The van der Waals surface area contributed by atoms with Gasteiger partial charge in [-0.3, -0.25) is 0 Å². The summed E-state index contributed by atoms with van der Waals surface area (Å²) in [6.45, 7) is 0. The normalized spacial score (nSPS) is 10.8. The Morgan fingerprint density at radius 3 is 2.72 bits per heavy atom. The summed E-state index contributed by atoms with van der Waals surface area (Å²) in [5.41, 5.74) is 2.09. The molecule has 0 aliphatic carbocycles. The van der Waals surface area contributed by atoms with Crippen LogP contribution in [0.25, 0.3) is 16.6 Å². The third kappa shape index (κ3) is 1.72. The standard InChI is InChI=1S/C14H14N4/c1-17(2)14-9-13(18-8-7-15-10-18)11-5-3-4-6-12(11)16-14/h3-10H,1-2H3. The monoisotopic (exact) mass is 238 g/mol. The second-order valence-corrected chi connectivity index (χ2v) is 4.38. The Labute approximate surface area is 106 Å². The first-order valence-electron chi connectivity index (χ1n) is 5.81. The lowest BCUT2D eigenvalue weighted by atomic mass is 10.2. The van der Waals surface area contributed by atoms with E-state index in [0.29, 0.717) is 0 Å². The van der Waals surface area contributed by atoms with Gasteiger partial charge >= 0.3 is 0 Å². The van der Waals surface area contributed by atoms with Gasteiger partial charge in [0.1, 0.15) is 5.82 Å². The number of pyridine rings is 1. The Balaban J connectivity index is 2.34. The molecule has 3 aromatic rings. The molecule has 2 heterocycles. The molecule has 0 fully saturated rings. The van der Waals surface area contributed by atoms with E-state index < -0.39 is 0 Å². The second-order valence-electron chi connectivity index (χ2n) is 4.38. The number of aromatic nitrogens is 3. The van der Waals surface area contributed by atoms with Crippen molar-refractivity contribution in [3.63, 3.8) is 0 Å². The van der Waals surface area contributed by atoms with Crippen molar-refractivity contribution in [2.24, 2.45) is 0 Å². The van der Waals surface area contributed by atoms with Crippen molar-refractivity contribution in [1.82, 2.24) is 14.5 Å². The van der Waals surface area contributed by atoms with Crippen LogP contribution in [0.1, 0.15) is 0 Å². The van der Waals surface area contributed by atoms with Crippen molar-refractivity contribution in [1.29, 1.82) is 0 Å². The molecule has 0 amide bonds. The van der Waals surface area contributed by atoms with Gasteiger partial charge in [0, 0.05) is 37.9 Å². The number of rotatable bonds is 2. The first-order valence-corrected chi connectivity index (χ1v) is 5.81. The lowest BCUT2D eigenvalue weighted by Crippen LogP contribution is -2.11. The predicted octanol–water partition coefficient (Wildman–Crippen LogP) is 2.49. The Kier molecular flexibility index (Phi) is 2.48. The van der Waals surface area contributed by atoms with Gasteiger partial charge in [-0.15, -0.1) is 0 Å². The summed E-state index contributed by atoms with van der Waals surface area (Å²) >= 11 is 0. The highest BCUT2D eigenvalue weighted by atomic mass is 15.1. The van der Waals surface area contributed by atoms with Crippen LogP contribution in [-0.4, -0.2) is 28.6 Å². The van der Waals surface area contributed by atoms with E-state index in [-0.39, 0.29) is 0 Å². The highest BCUT2D eigenvalue weighted by molar-refractivity contribution is 5.89. The van der Waals surface area contributed by atoms with Gasteiger partial charge in [-0.05, 0) is 6.07 Å². The molecule has 1 aromatic carbocycles. The predicted molar refractivity (Wildman–Crippen MR) is 73.2 cm³/mol. The fraction of sp³-hybridized carbons (Fsp3) is 0.143. The lowest BCUT2D eigenvalue weighted by Gasteiger charge is -2.15. The van der Waals surface area contributed by atoms with Crippen LogP contribution in [-0.2, 0) is 0 Å². The average molecular weight is 238 g/mol. The van der Waals surface area contributed by atoms with Gasteiger partial charge in [-0.25, -0.2) is 9.97 Å². The van der Waals surface area contributed by atoms with E-state index in [1.54, 1.807) is 12.5 Å². The molecule has 0 bridgehead atoms. The summed E-state index contributed by atoms with van der Waals surface area (Å²) in [4.78, 5) is 10.8. The maximum atomic E-state index is 4.64. The Morgan fingerprint density at radius 1 is 1.17 bits per heavy atom. The van der Waals surface area contributed by atoms with Crippen molar-refractivity contribution in [3.05, 3.63) is 49.1 Å². The maximum absolute atomic E-state index is 4.64. The van der Waals surface area contributed by atoms with E-state index >= 15 is 0 Å². The Morgan fingerprint density at radius 2 is 2.00 bits per heavy atom. The lowest BCUT2D eigenvalue weighted by molar-refractivity contribution is 1.04. The molecule has 0 radical (unpaired) electrons. The minimum absolute atomic E-state index is 0.942. The zero-order valence-electron chi connectivity index (χ0n) is 10.4. The average Bonchev–Trinajstić information content (AvgIpc) is 2.91. The SMILES string of the molecule is CN(C)c1cc(-n2ccnc2)c2ccccc2n1. The largest absolute Gasteiger partial charge is 0.363 e. The fourth-order valence-corrected chi connectivity index (χ4v) is 1.99. The van der Waals surface area contributed by atoms with Crippen molar-refractivity contribution >= 4 is 16.7 Å². The van der Waals surface area contributed by atoms with Gasteiger partial charge in [0.25, 0.3) is 0 Å². The first-order chi connectivity index (χ1) is 8.75. The molecular formula is C14H14N4. The molecule has 90 valence electrons. The minimum atomic E-state index is 0.942. The van der Waals surface area contributed by atoms with E-state index in [9.17, 15) is 0 Å². The van der Waals surface area contributed by atoms with Gasteiger partial charge in [-0.1, -0.05) is 18.2 Å². The number of nitrogens with zero attached hydrogens (tertiary/aromatic N) is 4. The third-order valence-electron chi connectivity index (χ3n) is 2.92. The topological polar surface area (TPSA) is 34.0 Å². The zero-order chi connectivity index (χ0) is 12.5. The fourth-order valence-electron chi connectivity index (χ4n) is 1.99. The van der Waals surface area contributed by atoms with E-state index in [0.717, 1.165) is 22.4 Å². The summed E-state index contributed by atoms with van der Waals surface area (Å²) in [5.74, 6) is 0.942. The zero-order valence-corrected chi connectivity index (χ0v) is 10.4. The molecule has 2 aromatic heterocycles. The number of para-hydroxylation sites is 1. The molecule has 0 aliphatic rings. The molecular weight excluding hydrogens is 224 g/mol. The van der Waals surface area contributed by atoms with Crippen LogP contribution in [0.2, 0.25) is 0 Å². The smallest absolute Gasteiger partial charge is 0.130 e. The van der Waals surface area contributed by atoms with Gasteiger partial charge in [0.2, 0.25) is 0 Å². The summed E-state index contributed by atoms with van der Waals surface area (Å²) < 4.78 is 2.01. The molecule has 0 atom stereocenters. The summed E-state index contributed by atoms with van der Waals surface area (Å²) in [5, 5.41) is 1.13. The van der Waals surface area contributed by atoms with Crippen molar-refractivity contribution in [2.75, 3.05) is 19.0 Å². The minimum Gasteiger partial charge on any atom is -0.363 e. The van der Waals surface area contributed by atoms with Crippen molar-refractivity contribution < 1.29 is 0 Å².